The Hall–Kier alpha value is -3.37. The molecule has 32 heavy (non-hydrogen) atoms. The minimum absolute atomic E-state index is 0.220. The fourth-order valence-corrected chi connectivity index (χ4v) is 2.73. The molecule has 0 unspecified atom stereocenters. The lowest BCUT2D eigenvalue weighted by Gasteiger charge is -2.19. The zero-order valence-corrected chi connectivity index (χ0v) is 18.7. The Morgan fingerprint density at radius 2 is 1.81 bits per heavy atom. The molecular formula is C21H34N6O5. The van der Waals surface area contributed by atoms with E-state index in [0.29, 0.717) is 38.3 Å². The van der Waals surface area contributed by atoms with Gasteiger partial charge < -0.3 is 20.7 Å². The van der Waals surface area contributed by atoms with Crippen molar-refractivity contribution in [2.24, 2.45) is 5.92 Å². The van der Waals surface area contributed by atoms with Crippen LogP contribution in [0.2, 0.25) is 0 Å². The Morgan fingerprint density at radius 3 is 2.47 bits per heavy atom. The zero-order valence-electron chi connectivity index (χ0n) is 18.7. The summed E-state index contributed by atoms with van der Waals surface area (Å²) < 4.78 is 5.57. The van der Waals surface area contributed by atoms with E-state index >= 15 is 0 Å². The maximum atomic E-state index is 12.5. The van der Waals surface area contributed by atoms with Gasteiger partial charge in [0.05, 0.1) is 6.61 Å². The van der Waals surface area contributed by atoms with Crippen LogP contribution in [0.15, 0.2) is 30.3 Å². The van der Waals surface area contributed by atoms with E-state index < -0.39 is 17.0 Å². The van der Waals surface area contributed by atoms with Gasteiger partial charge in [-0.15, -0.1) is 0 Å². The second kappa shape index (κ2) is 15.4. The van der Waals surface area contributed by atoms with E-state index in [1.807, 2.05) is 30.3 Å². The van der Waals surface area contributed by atoms with E-state index in [9.17, 15) is 19.7 Å². The van der Waals surface area contributed by atoms with Crippen molar-refractivity contribution < 1.29 is 19.4 Å². The van der Waals surface area contributed by atoms with Crippen LogP contribution in [0.25, 0.3) is 0 Å². The minimum Gasteiger partial charge on any atom is -0.494 e. The summed E-state index contributed by atoms with van der Waals surface area (Å²) in [6.45, 7) is 5.27. The van der Waals surface area contributed by atoms with Crippen molar-refractivity contribution in [2.75, 3.05) is 19.7 Å². The molecule has 1 aromatic carbocycles. The van der Waals surface area contributed by atoms with Crippen molar-refractivity contribution in [1.29, 1.82) is 5.41 Å². The highest BCUT2D eigenvalue weighted by atomic mass is 16.7. The number of ether oxygens (including phenoxy) is 1. The predicted molar refractivity (Wildman–Crippen MR) is 121 cm³/mol. The van der Waals surface area contributed by atoms with Gasteiger partial charge in [-0.1, -0.05) is 37.5 Å². The van der Waals surface area contributed by atoms with Crippen LogP contribution in [0.5, 0.6) is 5.75 Å². The smallest absolute Gasteiger partial charge is 0.251 e. The van der Waals surface area contributed by atoms with Gasteiger partial charge in [0.25, 0.3) is 5.96 Å². The van der Waals surface area contributed by atoms with Crippen molar-refractivity contribution >= 4 is 17.8 Å². The summed E-state index contributed by atoms with van der Waals surface area (Å²) >= 11 is 0. The topological polar surface area (TPSA) is 158 Å². The number of hydrazine groups is 1. The number of carbonyl (C=O) groups excluding carboxylic acids is 2. The maximum Gasteiger partial charge on any atom is 0.251 e. The number of nitrogens with one attached hydrogen (secondary N) is 5. The van der Waals surface area contributed by atoms with Gasteiger partial charge in [-0.05, 0) is 43.7 Å². The molecule has 0 bridgehead atoms. The molecule has 2 amide bonds. The number of hydrogen-bond acceptors (Lipinski definition) is 6. The number of guanidine groups is 1. The fourth-order valence-electron chi connectivity index (χ4n) is 2.73. The van der Waals surface area contributed by atoms with Crippen LogP contribution in [-0.2, 0) is 9.59 Å². The quantitative estimate of drug-likeness (QED) is 0.0892. The molecule has 0 saturated heterocycles. The average molecular weight is 451 g/mol. The number of carbonyl (C=O) groups is 2. The summed E-state index contributed by atoms with van der Waals surface area (Å²) in [5.41, 5.74) is 1.70. The van der Waals surface area contributed by atoms with Crippen LogP contribution in [0.4, 0.5) is 0 Å². The molecule has 1 rings (SSSR count). The molecule has 0 heterocycles. The second-order valence-corrected chi connectivity index (χ2v) is 7.67. The Bertz CT molecular complexity index is 729. The molecule has 0 fully saturated rings. The molecule has 11 nitrogen and oxygen atoms in total. The zero-order chi connectivity index (χ0) is 23.8. The number of rotatable bonds is 15. The lowest BCUT2D eigenvalue weighted by Crippen LogP contribution is -2.47. The third-order valence-electron chi connectivity index (χ3n) is 4.41. The molecular weight excluding hydrogens is 416 g/mol. The van der Waals surface area contributed by atoms with Gasteiger partial charge in [0.15, 0.2) is 5.03 Å². The van der Waals surface area contributed by atoms with Crippen LogP contribution in [-0.4, -0.2) is 48.5 Å². The molecule has 0 aromatic heterocycles. The Balaban J connectivity index is 2.43. The lowest BCUT2D eigenvalue weighted by atomic mass is 10.1. The summed E-state index contributed by atoms with van der Waals surface area (Å²) in [6.07, 6.45) is 2.32. The Morgan fingerprint density at radius 1 is 1.09 bits per heavy atom. The van der Waals surface area contributed by atoms with Crippen molar-refractivity contribution in [3.05, 3.63) is 40.4 Å². The van der Waals surface area contributed by atoms with Crippen molar-refractivity contribution in [1.82, 2.24) is 21.4 Å². The van der Waals surface area contributed by atoms with Gasteiger partial charge in [0, 0.05) is 19.5 Å². The first-order valence-corrected chi connectivity index (χ1v) is 10.8. The molecule has 1 atom stereocenters. The van der Waals surface area contributed by atoms with Crippen LogP contribution >= 0.6 is 0 Å². The lowest BCUT2D eigenvalue weighted by molar-refractivity contribution is -0.525. The first-order valence-electron chi connectivity index (χ1n) is 10.8. The molecule has 0 aliphatic rings. The number of benzene rings is 1. The van der Waals surface area contributed by atoms with Crippen molar-refractivity contribution in [2.45, 2.75) is 52.0 Å². The first-order chi connectivity index (χ1) is 15.3. The van der Waals surface area contributed by atoms with Crippen molar-refractivity contribution in [3.8, 4) is 5.75 Å². The highest BCUT2D eigenvalue weighted by Crippen LogP contribution is 2.09. The van der Waals surface area contributed by atoms with E-state index in [2.05, 4.69) is 29.8 Å². The minimum atomic E-state index is -0.831. The van der Waals surface area contributed by atoms with Gasteiger partial charge in [0.2, 0.25) is 11.8 Å². The molecule has 1 aromatic rings. The Kier molecular flexibility index (Phi) is 12.9. The van der Waals surface area contributed by atoms with Crippen LogP contribution in [0, 0.1) is 21.4 Å². The molecule has 0 aliphatic carbocycles. The molecule has 0 radical (unpaired) electrons. The van der Waals surface area contributed by atoms with E-state index in [1.54, 1.807) is 5.43 Å². The number of para-hydroxylation sites is 1. The molecule has 178 valence electrons. The first kappa shape index (κ1) is 26.7. The van der Waals surface area contributed by atoms with Gasteiger partial charge in [-0.2, -0.15) is 0 Å². The third kappa shape index (κ3) is 13.0. The number of nitrogens with zero attached hydrogens (tertiary/aromatic N) is 1. The normalized spacial score (nSPS) is 11.3. The highest BCUT2D eigenvalue weighted by molar-refractivity contribution is 5.87. The highest BCUT2D eigenvalue weighted by Gasteiger charge is 2.20. The Labute approximate surface area is 188 Å². The number of nitro groups is 1. The van der Waals surface area contributed by atoms with E-state index in [4.69, 9.17) is 10.1 Å². The molecule has 0 aliphatic heterocycles. The maximum absolute atomic E-state index is 12.5. The van der Waals surface area contributed by atoms with Gasteiger partial charge in [0.1, 0.15) is 11.8 Å². The second-order valence-electron chi connectivity index (χ2n) is 7.67. The van der Waals surface area contributed by atoms with Crippen LogP contribution in [0.3, 0.4) is 0 Å². The van der Waals surface area contributed by atoms with E-state index in [1.165, 1.54) is 0 Å². The predicted octanol–water partition coefficient (Wildman–Crippen LogP) is 1.58. The summed E-state index contributed by atoms with van der Waals surface area (Å²) in [7, 11) is 0. The van der Waals surface area contributed by atoms with Crippen molar-refractivity contribution in [3.63, 3.8) is 0 Å². The van der Waals surface area contributed by atoms with Gasteiger partial charge >= 0.3 is 0 Å². The number of hydrogen-bond donors (Lipinski definition) is 5. The third-order valence-corrected chi connectivity index (χ3v) is 4.41. The summed E-state index contributed by atoms with van der Waals surface area (Å²) in [5.74, 6) is 0.229. The van der Waals surface area contributed by atoms with Gasteiger partial charge in [-0.3, -0.25) is 15.0 Å². The molecule has 11 heteroatoms. The SMILES string of the molecule is CC(C)CCNC(=O)[C@H](CCCNC(=N)N[N+](=O)[O-])NC(=O)CCCOc1ccccc1. The summed E-state index contributed by atoms with van der Waals surface area (Å²) in [6, 6.07) is 8.59. The van der Waals surface area contributed by atoms with E-state index in [-0.39, 0.29) is 24.8 Å². The van der Waals surface area contributed by atoms with Gasteiger partial charge in [-0.25, -0.2) is 10.1 Å². The summed E-state index contributed by atoms with van der Waals surface area (Å²) in [5, 5.41) is 25.0. The molecule has 0 saturated carbocycles. The molecule has 0 spiro atoms. The largest absolute Gasteiger partial charge is 0.494 e. The monoisotopic (exact) mass is 450 g/mol. The standard InChI is InChI=1S/C21H34N6O5/c1-16(2)12-14-23-20(29)18(10-6-13-24-21(22)26-27(30)31)25-19(28)11-7-15-32-17-8-4-3-5-9-17/h3-5,8-9,16,18H,6-7,10-15H2,1-2H3,(H,23,29)(H,25,28)(H3,22,24,26)/t18-/m0/s1. The number of amides is 2. The summed E-state index contributed by atoms with van der Waals surface area (Å²) in [4.78, 5) is 35.2. The average Bonchev–Trinajstić information content (AvgIpc) is 2.73. The molecule has 5 N–H and O–H groups in total. The van der Waals surface area contributed by atoms with Crippen LogP contribution in [0.1, 0.15) is 46.0 Å². The fraction of sp³-hybridized carbons (Fsp3) is 0.571. The van der Waals surface area contributed by atoms with Crippen LogP contribution < -0.4 is 26.1 Å². The van der Waals surface area contributed by atoms with E-state index in [0.717, 1.165) is 12.2 Å².